The lowest BCUT2D eigenvalue weighted by Crippen LogP contribution is -2.47. The number of hydrogen-bond acceptors (Lipinski definition) is 2. The molecule has 1 amide bonds. The highest BCUT2D eigenvalue weighted by Crippen LogP contribution is 2.40. The van der Waals surface area contributed by atoms with Crippen LogP contribution in [0.2, 0.25) is 0 Å². The Hall–Kier alpha value is -2.07. The van der Waals surface area contributed by atoms with Gasteiger partial charge in [-0.15, -0.1) is 0 Å². The van der Waals surface area contributed by atoms with Crippen molar-refractivity contribution in [3.63, 3.8) is 0 Å². The smallest absolute Gasteiger partial charge is 0.230 e. The van der Waals surface area contributed by atoms with Gasteiger partial charge in [0.25, 0.3) is 0 Å². The standard InChI is InChI=1S/C20H25N3O/c1-4-8-22(2)20(24)14-9-16-15-6-5-7-17-19(15)13(11-21-17)10-18(16)23(3)12-14/h5-7,9,11,14,18,21H,4,8,10,12H2,1-3H3/t14-,18-/m1/s1. The van der Waals surface area contributed by atoms with Gasteiger partial charge >= 0.3 is 0 Å². The summed E-state index contributed by atoms with van der Waals surface area (Å²) in [6.07, 6.45) is 6.40. The molecule has 126 valence electrons. The van der Waals surface area contributed by atoms with E-state index in [1.165, 1.54) is 27.6 Å². The van der Waals surface area contributed by atoms with Crippen LogP contribution in [0.5, 0.6) is 0 Å². The number of benzene rings is 1. The summed E-state index contributed by atoms with van der Waals surface area (Å²) in [6, 6.07) is 6.82. The molecule has 4 nitrogen and oxygen atoms in total. The fourth-order valence-electron chi connectivity index (χ4n) is 4.33. The van der Waals surface area contributed by atoms with Crippen molar-refractivity contribution in [3.05, 3.63) is 41.6 Å². The van der Waals surface area contributed by atoms with Gasteiger partial charge in [-0.2, -0.15) is 0 Å². The summed E-state index contributed by atoms with van der Waals surface area (Å²) in [5.41, 5.74) is 5.20. The van der Waals surface area contributed by atoms with Crippen molar-refractivity contribution in [1.29, 1.82) is 0 Å². The second kappa shape index (κ2) is 5.78. The fraction of sp³-hybridized carbons (Fsp3) is 0.450. The van der Waals surface area contributed by atoms with E-state index in [2.05, 4.69) is 54.3 Å². The zero-order valence-electron chi connectivity index (χ0n) is 14.7. The van der Waals surface area contributed by atoms with E-state index >= 15 is 0 Å². The molecule has 0 unspecified atom stereocenters. The SMILES string of the molecule is CCCN(C)C(=O)[C@@H]1C=C2c3cccc4[nH]cc(c34)C[C@H]2N(C)C1. The minimum Gasteiger partial charge on any atom is -0.361 e. The maximum atomic E-state index is 12.8. The number of rotatable bonds is 3. The van der Waals surface area contributed by atoms with Gasteiger partial charge in [0.2, 0.25) is 5.91 Å². The summed E-state index contributed by atoms with van der Waals surface area (Å²) < 4.78 is 0. The lowest BCUT2D eigenvalue weighted by atomic mass is 9.79. The Morgan fingerprint density at radius 1 is 1.42 bits per heavy atom. The Labute approximate surface area is 143 Å². The minimum absolute atomic E-state index is 0.0476. The number of nitrogens with zero attached hydrogens (tertiary/aromatic N) is 2. The summed E-state index contributed by atoms with van der Waals surface area (Å²) in [7, 11) is 4.07. The second-order valence-corrected chi connectivity index (χ2v) is 7.19. The van der Waals surface area contributed by atoms with Gasteiger partial charge in [-0.25, -0.2) is 0 Å². The van der Waals surface area contributed by atoms with Gasteiger partial charge in [0.15, 0.2) is 0 Å². The fourth-order valence-corrected chi connectivity index (χ4v) is 4.33. The van der Waals surface area contributed by atoms with Crippen LogP contribution in [0, 0.1) is 5.92 Å². The van der Waals surface area contributed by atoms with Crippen LogP contribution in [0.15, 0.2) is 30.5 Å². The van der Waals surface area contributed by atoms with Gasteiger partial charge in [0, 0.05) is 43.3 Å². The third-order valence-electron chi connectivity index (χ3n) is 5.52. The number of carbonyl (C=O) groups is 1. The van der Waals surface area contributed by atoms with Crippen molar-refractivity contribution >= 4 is 22.4 Å². The number of fused-ring (bicyclic) bond motifs is 2. The summed E-state index contributed by atoms with van der Waals surface area (Å²) in [6.45, 7) is 3.74. The maximum absolute atomic E-state index is 12.8. The molecule has 24 heavy (non-hydrogen) atoms. The van der Waals surface area contributed by atoms with Gasteiger partial charge in [-0.1, -0.05) is 25.1 Å². The number of nitrogens with one attached hydrogen (secondary N) is 1. The molecule has 1 aromatic heterocycles. The molecule has 0 saturated carbocycles. The molecule has 0 saturated heterocycles. The molecule has 0 fully saturated rings. The minimum atomic E-state index is -0.0476. The highest BCUT2D eigenvalue weighted by Gasteiger charge is 2.36. The van der Waals surface area contributed by atoms with Crippen LogP contribution in [0.1, 0.15) is 24.5 Å². The van der Waals surface area contributed by atoms with Crippen LogP contribution in [-0.4, -0.2) is 53.9 Å². The summed E-state index contributed by atoms with van der Waals surface area (Å²) in [4.78, 5) is 20.4. The first-order valence-corrected chi connectivity index (χ1v) is 8.86. The first-order valence-electron chi connectivity index (χ1n) is 8.86. The topological polar surface area (TPSA) is 39.3 Å². The number of carbonyl (C=O) groups excluding carboxylic acids is 1. The largest absolute Gasteiger partial charge is 0.361 e. The van der Waals surface area contributed by atoms with E-state index in [4.69, 9.17) is 0 Å². The third kappa shape index (κ3) is 2.28. The number of hydrogen-bond donors (Lipinski definition) is 1. The van der Waals surface area contributed by atoms with Gasteiger partial charge in [-0.05, 0) is 42.7 Å². The lowest BCUT2D eigenvalue weighted by Gasteiger charge is -2.40. The molecular weight excluding hydrogens is 298 g/mol. The number of aromatic amines is 1. The molecule has 4 rings (SSSR count). The zero-order valence-corrected chi connectivity index (χ0v) is 14.7. The Morgan fingerprint density at radius 3 is 3.04 bits per heavy atom. The van der Waals surface area contributed by atoms with Gasteiger partial charge in [0.1, 0.15) is 0 Å². The molecule has 2 aliphatic rings. The highest BCUT2D eigenvalue weighted by atomic mass is 16.2. The molecule has 4 heteroatoms. The van der Waals surface area contributed by atoms with Crippen LogP contribution in [0.3, 0.4) is 0 Å². The molecule has 1 aromatic carbocycles. The predicted molar refractivity (Wildman–Crippen MR) is 97.8 cm³/mol. The van der Waals surface area contributed by atoms with E-state index < -0.39 is 0 Å². The van der Waals surface area contributed by atoms with Crippen molar-refractivity contribution in [2.45, 2.75) is 25.8 Å². The number of likely N-dealkylation sites (N-methyl/N-ethyl adjacent to an activating group) is 1. The van der Waals surface area contributed by atoms with E-state index in [1.807, 2.05) is 11.9 Å². The summed E-state index contributed by atoms with van der Waals surface area (Å²) in [5.74, 6) is 0.190. The van der Waals surface area contributed by atoms with Crippen molar-refractivity contribution in [1.82, 2.24) is 14.8 Å². The second-order valence-electron chi connectivity index (χ2n) is 7.19. The number of H-pyrrole nitrogens is 1. The number of aromatic nitrogens is 1. The zero-order chi connectivity index (χ0) is 16.8. The van der Waals surface area contributed by atoms with Crippen LogP contribution in [-0.2, 0) is 11.2 Å². The van der Waals surface area contributed by atoms with Crippen molar-refractivity contribution < 1.29 is 4.79 Å². The molecule has 2 atom stereocenters. The Kier molecular flexibility index (Phi) is 3.72. The van der Waals surface area contributed by atoms with Gasteiger partial charge < -0.3 is 9.88 Å². The highest BCUT2D eigenvalue weighted by molar-refractivity contribution is 5.99. The summed E-state index contributed by atoms with van der Waals surface area (Å²) in [5, 5.41) is 1.34. The molecule has 0 radical (unpaired) electrons. The van der Waals surface area contributed by atoms with Crippen LogP contribution in [0.25, 0.3) is 16.5 Å². The first kappa shape index (κ1) is 15.5. The molecule has 1 aliphatic carbocycles. The molecule has 1 N–H and O–H groups in total. The van der Waals surface area contributed by atoms with Crippen molar-refractivity contribution in [3.8, 4) is 0 Å². The Morgan fingerprint density at radius 2 is 2.25 bits per heavy atom. The lowest BCUT2D eigenvalue weighted by molar-refractivity contribution is -0.133. The molecule has 0 spiro atoms. The quantitative estimate of drug-likeness (QED) is 0.943. The molecule has 1 aliphatic heterocycles. The van der Waals surface area contributed by atoms with Gasteiger partial charge in [0.05, 0.1) is 5.92 Å². The molecule has 2 heterocycles. The predicted octanol–water partition coefficient (Wildman–Crippen LogP) is 2.91. The maximum Gasteiger partial charge on any atom is 0.230 e. The van der Waals surface area contributed by atoms with Gasteiger partial charge in [-0.3, -0.25) is 9.69 Å². The Balaban J connectivity index is 1.77. The average Bonchev–Trinajstić information content (AvgIpc) is 3.00. The van der Waals surface area contributed by atoms with Crippen LogP contribution < -0.4 is 0 Å². The summed E-state index contributed by atoms with van der Waals surface area (Å²) >= 11 is 0. The van der Waals surface area contributed by atoms with E-state index in [0.29, 0.717) is 6.04 Å². The van der Waals surface area contributed by atoms with E-state index in [-0.39, 0.29) is 11.8 Å². The normalized spacial score (nSPS) is 23.0. The van der Waals surface area contributed by atoms with Crippen LogP contribution in [0.4, 0.5) is 0 Å². The monoisotopic (exact) mass is 323 g/mol. The van der Waals surface area contributed by atoms with Crippen molar-refractivity contribution in [2.75, 3.05) is 27.2 Å². The average molecular weight is 323 g/mol. The van der Waals surface area contributed by atoms with E-state index in [0.717, 1.165) is 25.9 Å². The molecule has 0 bridgehead atoms. The molecular formula is C20H25N3O. The van der Waals surface area contributed by atoms with Crippen LogP contribution >= 0.6 is 0 Å². The van der Waals surface area contributed by atoms with E-state index in [1.54, 1.807) is 0 Å². The molecule has 2 aromatic rings. The number of amides is 1. The third-order valence-corrected chi connectivity index (χ3v) is 5.52. The van der Waals surface area contributed by atoms with Crippen molar-refractivity contribution in [2.24, 2.45) is 5.92 Å². The first-order chi connectivity index (χ1) is 11.6. The Bertz CT molecular complexity index is 819. The van der Waals surface area contributed by atoms with E-state index in [9.17, 15) is 4.79 Å².